The minimum Gasteiger partial charge on any atom is -0.370 e. The van der Waals surface area contributed by atoms with Crippen molar-refractivity contribution in [1.82, 2.24) is 4.57 Å². The summed E-state index contributed by atoms with van der Waals surface area (Å²) >= 11 is 0. The maximum atomic E-state index is 11.4. The van der Waals surface area contributed by atoms with E-state index in [1.165, 1.54) is 11.1 Å². The van der Waals surface area contributed by atoms with Crippen molar-refractivity contribution in [2.75, 3.05) is 23.9 Å². The summed E-state index contributed by atoms with van der Waals surface area (Å²) in [6.07, 6.45) is 2.11. The van der Waals surface area contributed by atoms with Gasteiger partial charge in [-0.15, -0.1) is 0 Å². The van der Waals surface area contributed by atoms with Crippen molar-refractivity contribution < 1.29 is 4.92 Å². The highest BCUT2D eigenvalue weighted by atomic mass is 16.6. The van der Waals surface area contributed by atoms with Crippen LogP contribution in [0.25, 0.3) is 10.9 Å². The maximum absolute atomic E-state index is 11.4. The van der Waals surface area contributed by atoms with E-state index in [0.29, 0.717) is 13.2 Å². The highest BCUT2D eigenvalue weighted by molar-refractivity contribution is 5.86. The quantitative estimate of drug-likeness (QED) is 0.272. The highest BCUT2D eigenvalue weighted by Gasteiger charge is 2.16. The Morgan fingerprint density at radius 2 is 1.41 bits per heavy atom. The summed E-state index contributed by atoms with van der Waals surface area (Å²) < 4.78 is 2.16. The van der Waals surface area contributed by atoms with E-state index in [2.05, 4.69) is 90.0 Å². The fourth-order valence-corrected chi connectivity index (χ4v) is 3.97. The third kappa shape index (κ3) is 4.44. The molecule has 32 heavy (non-hydrogen) atoms. The van der Waals surface area contributed by atoms with Crippen LogP contribution in [-0.4, -0.2) is 23.6 Å². The van der Waals surface area contributed by atoms with Crippen LogP contribution in [-0.2, 0) is 13.2 Å². The van der Waals surface area contributed by atoms with E-state index in [4.69, 9.17) is 0 Å². The lowest BCUT2D eigenvalue weighted by Gasteiger charge is -2.21. The molecule has 0 bridgehead atoms. The lowest BCUT2D eigenvalue weighted by molar-refractivity contribution is -0.384. The lowest BCUT2D eigenvalue weighted by Crippen LogP contribution is -2.20. The van der Waals surface area contributed by atoms with Crippen LogP contribution in [0.15, 0.2) is 72.9 Å². The first-order valence-corrected chi connectivity index (χ1v) is 10.6. The molecule has 3 aromatic carbocycles. The summed E-state index contributed by atoms with van der Waals surface area (Å²) in [5.41, 5.74) is 6.83. The fraction of sp³-hybridized carbons (Fsp3) is 0.231. The molecule has 0 N–H and O–H groups in total. The number of fused-ring (bicyclic) bond motifs is 1. The number of benzene rings is 3. The van der Waals surface area contributed by atoms with E-state index in [9.17, 15) is 10.1 Å². The molecule has 0 aliphatic rings. The number of nitrogens with zero attached hydrogens (tertiary/aromatic N) is 4. The smallest absolute Gasteiger partial charge is 0.270 e. The minimum atomic E-state index is -0.331. The average Bonchev–Trinajstić information content (AvgIpc) is 3.10. The minimum absolute atomic E-state index is 0.112. The molecule has 0 radical (unpaired) electrons. The van der Waals surface area contributed by atoms with Gasteiger partial charge in [0.25, 0.3) is 5.69 Å². The van der Waals surface area contributed by atoms with E-state index in [1.54, 1.807) is 12.1 Å². The second-order valence-corrected chi connectivity index (χ2v) is 8.45. The summed E-state index contributed by atoms with van der Waals surface area (Å²) in [5, 5.41) is 12.3. The molecular formula is C26H28N4O2. The number of aromatic nitrogens is 1. The first-order valence-electron chi connectivity index (χ1n) is 10.6. The van der Waals surface area contributed by atoms with E-state index < -0.39 is 0 Å². The van der Waals surface area contributed by atoms with Crippen LogP contribution >= 0.6 is 0 Å². The summed E-state index contributed by atoms with van der Waals surface area (Å²) in [4.78, 5) is 15.4. The van der Waals surface area contributed by atoms with Crippen LogP contribution in [0.4, 0.5) is 17.1 Å². The van der Waals surface area contributed by atoms with Crippen molar-refractivity contribution in [1.29, 1.82) is 0 Å². The Bertz CT molecular complexity index is 1240. The molecule has 164 valence electrons. The zero-order chi connectivity index (χ0) is 22.8. The fourth-order valence-electron chi connectivity index (χ4n) is 3.97. The standard InChI is InChI=1S/C26H28N4O2/c1-19-5-9-22(10-6-19)27(3)16-21-17-29(18-28(4)23-11-7-20(2)8-12-23)26-14-13-24(30(31)32)15-25(21)26/h5-15,17H,16,18H2,1-4H3. The van der Waals surface area contributed by atoms with Gasteiger partial charge in [-0.1, -0.05) is 35.4 Å². The number of aryl methyl sites for hydroxylation is 2. The summed E-state index contributed by atoms with van der Waals surface area (Å²) in [6.45, 7) is 5.45. The molecule has 4 aromatic rings. The van der Waals surface area contributed by atoms with Crippen LogP contribution in [0.1, 0.15) is 16.7 Å². The third-order valence-corrected chi connectivity index (χ3v) is 5.88. The van der Waals surface area contributed by atoms with Crippen LogP contribution < -0.4 is 9.80 Å². The zero-order valence-electron chi connectivity index (χ0n) is 18.9. The number of hydrogen-bond donors (Lipinski definition) is 0. The first-order chi connectivity index (χ1) is 15.3. The monoisotopic (exact) mass is 428 g/mol. The Morgan fingerprint density at radius 3 is 1.97 bits per heavy atom. The number of anilines is 2. The van der Waals surface area contributed by atoms with Crippen LogP contribution in [0.5, 0.6) is 0 Å². The first kappa shape index (κ1) is 21.4. The van der Waals surface area contributed by atoms with Crippen LogP contribution in [0.3, 0.4) is 0 Å². The molecular weight excluding hydrogens is 400 g/mol. The number of nitro benzene ring substituents is 1. The van der Waals surface area contributed by atoms with Gasteiger partial charge in [-0.3, -0.25) is 10.1 Å². The number of hydrogen-bond acceptors (Lipinski definition) is 4. The van der Waals surface area contributed by atoms with E-state index >= 15 is 0 Å². The number of nitro groups is 1. The van der Waals surface area contributed by atoms with Gasteiger partial charge in [0, 0.05) is 55.7 Å². The predicted molar refractivity (Wildman–Crippen MR) is 131 cm³/mol. The molecule has 0 spiro atoms. The summed E-state index contributed by atoms with van der Waals surface area (Å²) in [6, 6.07) is 21.9. The van der Waals surface area contributed by atoms with Gasteiger partial charge >= 0.3 is 0 Å². The van der Waals surface area contributed by atoms with E-state index in [-0.39, 0.29) is 10.6 Å². The van der Waals surface area contributed by atoms with Crippen molar-refractivity contribution >= 4 is 28.0 Å². The number of non-ortho nitro benzene ring substituents is 1. The number of rotatable bonds is 7. The van der Waals surface area contributed by atoms with Gasteiger partial charge in [-0.25, -0.2) is 0 Å². The maximum Gasteiger partial charge on any atom is 0.270 e. The molecule has 0 amide bonds. The van der Waals surface area contributed by atoms with Crippen molar-refractivity contribution in [3.8, 4) is 0 Å². The highest BCUT2D eigenvalue weighted by Crippen LogP contribution is 2.29. The largest absolute Gasteiger partial charge is 0.370 e. The summed E-state index contributed by atoms with van der Waals surface area (Å²) in [7, 11) is 4.10. The van der Waals surface area contributed by atoms with Crippen molar-refractivity contribution in [3.63, 3.8) is 0 Å². The van der Waals surface area contributed by atoms with Gasteiger partial charge in [-0.2, -0.15) is 0 Å². The van der Waals surface area contributed by atoms with Crippen LogP contribution in [0, 0.1) is 24.0 Å². The molecule has 0 unspecified atom stereocenters. The Labute approximate surface area is 188 Å². The molecule has 1 aromatic heterocycles. The third-order valence-electron chi connectivity index (χ3n) is 5.88. The second-order valence-electron chi connectivity index (χ2n) is 8.45. The predicted octanol–water partition coefficient (Wildman–Crippen LogP) is 5.90. The second kappa shape index (κ2) is 8.75. The molecule has 6 heteroatoms. The Hall–Kier alpha value is -3.80. The molecule has 0 aliphatic heterocycles. The topological polar surface area (TPSA) is 54.5 Å². The van der Waals surface area contributed by atoms with Crippen molar-refractivity contribution in [2.24, 2.45) is 0 Å². The molecule has 0 aliphatic carbocycles. The van der Waals surface area contributed by atoms with Gasteiger partial charge in [0.1, 0.15) is 0 Å². The molecule has 4 rings (SSSR count). The van der Waals surface area contributed by atoms with E-state index in [1.807, 2.05) is 13.1 Å². The van der Waals surface area contributed by atoms with Crippen molar-refractivity contribution in [2.45, 2.75) is 27.1 Å². The molecule has 0 fully saturated rings. The van der Waals surface area contributed by atoms with Gasteiger partial charge < -0.3 is 14.4 Å². The molecule has 0 saturated heterocycles. The molecule has 0 saturated carbocycles. The van der Waals surface area contributed by atoms with E-state index in [0.717, 1.165) is 27.8 Å². The normalized spacial score (nSPS) is 11.0. The average molecular weight is 429 g/mol. The van der Waals surface area contributed by atoms with Crippen LogP contribution in [0.2, 0.25) is 0 Å². The molecule has 1 heterocycles. The molecule has 6 nitrogen and oxygen atoms in total. The Balaban J connectivity index is 1.69. The zero-order valence-corrected chi connectivity index (χ0v) is 18.9. The van der Waals surface area contributed by atoms with Gasteiger partial charge in [0.05, 0.1) is 17.1 Å². The molecule has 0 atom stereocenters. The summed E-state index contributed by atoms with van der Waals surface area (Å²) in [5.74, 6) is 0. The van der Waals surface area contributed by atoms with Gasteiger partial charge in [-0.05, 0) is 49.7 Å². The Kier molecular flexibility index (Phi) is 5.86. The van der Waals surface area contributed by atoms with Crippen molar-refractivity contribution in [3.05, 3.63) is 99.7 Å². The van der Waals surface area contributed by atoms with Gasteiger partial charge in [0.15, 0.2) is 0 Å². The Morgan fingerprint density at radius 1 is 0.844 bits per heavy atom. The lowest BCUT2D eigenvalue weighted by atomic mass is 10.1. The SMILES string of the molecule is Cc1ccc(N(C)Cc2cn(CN(C)c3ccc(C)cc3)c3ccc([N+](=O)[O-])cc23)cc1. The van der Waals surface area contributed by atoms with Gasteiger partial charge in [0.2, 0.25) is 0 Å².